The summed E-state index contributed by atoms with van der Waals surface area (Å²) in [6.45, 7) is 0.0527. The van der Waals surface area contributed by atoms with Crippen LogP contribution in [0, 0.1) is 0 Å². The van der Waals surface area contributed by atoms with Crippen LogP contribution in [0.15, 0.2) is 84.9 Å². The van der Waals surface area contributed by atoms with Gasteiger partial charge in [0.2, 0.25) is 11.8 Å². The average molecular weight is 462 g/mol. The largest absolute Gasteiger partial charge is 0.508 e. The molecule has 3 aromatic carbocycles. The summed E-state index contributed by atoms with van der Waals surface area (Å²) in [5.74, 6) is -1.20. The molecular weight excluding hydrogens is 434 g/mol. The topological polar surface area (TPSA) is 131 Å². The fourth-order valence-corrected chi connectivity index (χ4v) is 3.33. The molecule has 3 rings (SSSR count). The van der Waals surface area contributed by atoms with Crippen LogP contribution in [-0.2, 0) is 33.8 Å². The van der Waals surface area contributed by atoms with Crippen molar-refractivity contribution in [2.45, 2.75) is 31.5 Å². The van der Waals surface area contributed by atoms with Gasteiger partial charge >= 0.3 is 6.09 Å². The predicted molar refractivity (Wildman–Crippen MR) is 127 cm³/mol. The van der Waals surface area contributed by atoms with Crippen molar-refractivity contribution >= 4 is 17.9 Å². The molecule has 0 spiro atoms. The second kappa shape index (κ2) is 12.1. The van der Waals surface area contributed by atoms with Crippen LogP contribution in [-0.4, -0.2) is 35.1 Å². The van der Waals surface area contributed by atoms with E-state index in [0.29, 0.717) is 5.56 Å². The molecule has 0 saturated carbocycles. The molecule has 176 valence electrons. The minimum atomic E-state index is -1.00. The number of rotatable bonds is 10. The minimum Gasteiger partial charge on any atom is -0.508 e. The van der Waals surface area contributed by atoms with Crippen LogP contribution in [0.3, 0.4) is 0 Å². The predicted octanol–water partition coefficient (Wildman–Crippen LogP) is 2.44. The highest BCUT2D eigenvalue weighted by atomic mass is 16.5. The highest BCUT2D eigenvalue weighted by molar-refractivity contribution is 5.91. The van der Waals surface area contributed by atoms with Gasteiger partial charge < -0.3 is 26.2 Å². The van der Waals surface area contributed by atoms with E-state index in [4.69, 9.17) is 10.5 Å². The van der Waals surface area contributed by atoms with Gasteiger partial charge in [0, 0.05) is 12.8 Å². The Morgan fingerprint density at radius 3 is 1.85 bits per heavy atom. The lowest BCUT2D eigenvalue weighted by atomic mass is 10.0. The van der Waals surface area contributed by atoms with E-state index in [-0.39, 0.29) is 25.2 Å². The Hall–Kier alpha value is -4.33. The van der Waals surface area contributed by atoms with Crippen molar-refractivity contribution in [3.8, 4) is 5.75 Å². The number of benzene rings is 3. The van der Waals surface area contributed by atoms with Gasteiger partial charge in [-0.15, -0.1) is 0 Å². The molecule has 3 aromatic rings. The number of ether oxygens (including phenoxy) is 1. The van der Waals surface area contributed by atoms with Crippen molar-refractivity contribution in [1.82, 2.24) is 10.6 Å². The Labute approximate surface area is 197 Å². The second-order valence-electron chi connectivity index (χ2n) is 7.78. The van der Waals surface area contributed by atoms with Crippen molar-refractivity contribution in [3.05, 3.63) is 102 Å². The first-order chi connectivity index (χ1) is 16.4. The Balaban J connectivity index is 1.68. The molecule has 5 N–H and O–H groups in total. The third-order valence-electron chi connectivity index (χ3n) is 5.14. The van der Waals surface area contributed by atoms with Crippen molar-refractivity contribution in [2.75, 3.05) is 0 Å². The number of carbonyl (C=O) groups is 3. The molecule has 2 atom stereocenters. The summed E-state index contributed by atoms with van der Waals surface area (Å²) in [6.07, 6.45) is -0.426. The summed E-state index contributed by atoms with van der Waals surface area (Å²) in [5, 5.41) is 14.7. The summed E-state index contributed by atoms with van der Waals surface area (Å²) in [7, 11) is 0. The van der Waals surface area contributed by atoms with Crippen molar-refractivity contribution < 1.29 is 24.2 Å². The third kappa shape index (κ3) is 7.67. The number of phenols is 1. The maximum Gasteiger partial charge on any atom is 0.408 e. The van der Waals surface area contributed by atoms with E-state index >= 15 is 0 Å². The molecule has 0 aliphatic carbocycles. The summed E-state index contributed by atoms with van der Waals surface area (Å²) < 4.78 is 5.26. The van der Waals surface area contributed by atoms with Crippen LogP contribution in [0.25, 0.3) is 0 Å². The molecule has 0 bridgehead atoms. The maximum atomic E-state index is 13.1. The zero-order valence-corrected chi connectivity index (χ0v) is 18.5. The number of aromatic hydroxyl groups is 1. The van der Waals surface area contributed by atoms with E-state index in [1.54, 1.807) is 12.1 Å². The summed E-state index contributed by atoms with van der Waals surface area (Å²) in [6, 6.07) is 22.6. The Kier molecular flexibility index (Phi) is 8.62. The van der Waals surface area contributed by atoms with E-state index in [2.05, 4.69) is 10.6 Å². The van der Waals surface area contributed by atoms with Crippen LogP contribution in [0.2, 0.25) is 0 Å². The molecule has 8 heteroatoms. The average Bonchev–Trinajstić information content (AvgIpc) is 2.84. The van der Waals surface area contributed by atoms with E-state index in [1.807, 2.05) is 60.7 Å². The van der Waals surface area contributed by atoms with Gasteiger partial charge in [0.05, 0.1) is 0 Å². The standard InChI is InChI=1S/C26H27N3O5/c27-24(31)22(15-19-11-13-21(30)14-12-19)28-25(32)23(16-18-7-3-1-4-8-18)29-26(33)34-17-20-9-5-2-6-10-20/h1-14,22-23,30H,15-17H2,(H2,27,31)(H,28,32)(H,29,33)/t22-,23+/m0/s1. The number of hydrogen-bond donors (Lipinski definition) is 4. The molecule has 0 unspecified atom stereocenters. The molecule has 8 nitrogen and oxygen atoms in total. The molecule has 0 aromatic heterocycles. The fourth-order valence-electron chi connectivity index (χ4n) is 3.33. The minimum absolute atomic E-state index is 0.0527. The maximum absolute atomic E-state index is 13.1. The lowest BCUT2D eigenvalue weighted by Gasteiger charge is -2.22. The molecule has 0 fully saturated rings. The van der Waals surface area contributed by atoms with E-state index in [0.717, 1.165) is 11.1 Å². The van der Waals surface area contributed by atoms with Gasteiger partial charge in [0.25, 0.3) is 0 Å². The van der Waals surface area contributed by atoms with Gasteiger partial charge in [-0.1, -0.05) is 72.8 Å². The van der Waals surface area contributed by atoms with Crippen LogP contribution in [0.1, 0.15) is 16.7 Å². The number of amides is 3. The highest BCUT2D eigenvalue weighted by Gasteiger charge is 2.26. The lowest BCUT2D eigenvalue weighted by molar-refractivity contribution is -0.128. The summed E-state index contributed by atoms with van der Waals surface area (Å²) in [4.78, 5) is 37.5. The van der Waals surface area contributed by atoms with Gasteiger partial charge in [0.15, 0.2) is 0 Å². The van der Waals surface area contributed by atoms with E-state index in [1.165, 1.54) is 12.1 Å². The van der Waals surface area contributed by atoms with Gasteiger partial charge in [-0.05, 0) is 28.8 Å². The normalized spacial score (nSPS) is 12.2. The number of primary amides is 1. The zero-order valence-electron chi connectivity index (χ0n) is 18.5. The Morgan fingerprint density at radius 1 is 0.735 bits per heavy atom. The van der Waals surface area contributed by atoms with Crippen LogP contribution >= 0.6 is 0 Å². The van der Waals surface area contributed by atoms with Crippen molar-refractivity contribution in [1.29, 1.82) is 0 Å². The number of alkyl carbamates (subject to hydrolysis) is 1. The van der Waals surface area contributed by atoms with Gasteiger partial charge in [-0.2, -0.15) is 0 Å². The molecule has 0 aliphatic rings. The number of nitrogens with two attached hydrogens (primary N) is 1. The zero-order chi connectivity index (χ0) is 24.3. The van der Waals surface area contributed by atoms with Crippen LogP contribution < -0.4 is 16.4 Å². The summed E-state index contributed by atoms with van der Waals surface area (Å²) >= 11 is 0. The van der Waals surface area contributed by atoms with Crippen LogP contribution in [0.4, 0.5) is 4.79 Å². The van der Waals surface area contributed by atoms with Crippen molar-refractivity contribution in [3.63, 3.8) is 0 Å². The third-order valence-corrected chi connectivity index (χ3v) is 5.14. The highest BCUT2D eigenvalue weighted by Crippen LogP contribution is 2.12. The van der Waals surface area contributed by atoms with E-state index in [9.17, 15) is 19.5 Å². The molecule has 0 aliphatic heterocycles. The molecule has 3 amide bonds. The Bertz CT molecular complexity index is 1090. The monoisotopic (exact) mass is 461 g/mol. The first-order valence-electron chi connectivity index (χ1n) is 10.8. The quantitative estimate of drug-likeness (QED) is 0.368. The molecular formula is C26H27N3O5. The van der Waals surface area contributed by atoms with Gasteiger partial charge in [-0.25, -0.2) is 4.79 Å². The lowest BCUT2D eigenvalue weighted by Crippen LogP contribution is -2.54. The molecule has 0 heterocycles. The molecule has 0 saturated heterocycles. The molecule has 0 radical (unpaired) electrons. The SMILES string of the molecule is NC(=O)[C@H](Cc1ccc(O)cc1)NC(=O)[C@@H](Cc1ccccc1)NC(=O)OCc1ccccc1. The van der Waals surface area contributed by atoms with Gasteiger partial charge in [-0.3, -0.25) is 9.59 Å². The number of nitrogens with one attached hydrogen (secondary N) is 2. The van der Waals surface area contributed by atoms with Crippen molar-refractivity contribution in [2.24, 2.45) is 5.73 Å². The number of carbonyl (C=O) groups excluding carboxylic acids is 3. The Morgan fingerprint density at radius 2 is 1.26 bits per heavy atom. The smallest absolute Gasteiger partial charge is 0.408 e. The summed E-state index contributed by atoms with van der Waals surface area (Å²) in [5.41, 5.74) is 7.85. The first kappa shape index (κ1) is 24.3. The van der Waals surface area contributed by atoms with Gasteiger partial charge in [0.1, 0.15) is 24.4 Å². The first-order valence-corrected chi connectivity index (χ1v) is 10.8. The fraction of sp³-hybridized carbons (Fsp3) is 0.192. The number of hydrogen-bond acceptors (Lipinski definition) is 5. The number of phenolic OH excluding ortho intramolecular Hbond substituents is 1. The molecule has 34 heavy (non-hydrogen) atoms. The second-order valence-corrected chi connectivity index (χ2v) is 7.78. The van der Waals surface area contributed by atoms with Crippen LogP contribution in [0.5, 0.6) is 5.75 Å². The van der Waals surface area contributed by atoms with E-state index < -0.39 is 30.0 Å².